The monoisotopic (exact) mass is 1420 g/mol. The summed E-state index contributed by atoms with van der Waals surface area (Å²) < 4.78 is 57.7. The second-order valence-corrected chi connectivity index (χ2v) is 25.4. The van der Waals surface area contributed by atoms with E-state index in [0.717, 1.165) is 42.1 Å². The molecule has 7 N–H and O–H groups in total. The van der Waals surface area contributed by atoms with E-state index in [9.17, 15) is 51.5 Å². The van der Waals surface area contributed by atoms with Crippen LogP contribution in [0.25, 0.3) is 22.3 Å². The molecule has 23 heteroatoms. The molecule has 3 unspecified atom stereocenters. The highest BCUT2D eigenvalue weighted by Gasteiger charge is 2.46. The van der Waals surface area contributed by atoms with Crippen molar-refractivity contribution in [3.8, 4) is 22.3 Å². The van der Waals surface area contributed by atoms with Gasteiger partial charge in [0, 0.05) is 39.3 Å². The van der Waals surface area contributed by atoms with Crippen molar-refractivity contribution in [2.75, 3.05) is 37.0 Å². The first-order chi connectivity index (χ1) is 48.4. The van der Waals surface area contributed by atoms with Gasteiger partial charge >= 0.3 is 29.2 Å². The first-order valence-corrected chi connectivity index (χ1v) is 32.9. The third-order valence-corrected chi connectivity index (χ3v) is 17.4. The van der Waals surface area contributed by atoms with Gasteiger partial charge < -0.3 is 36.5 Å². The van der Waals surface area contributed by atoms with E-state index >= 15 is 0 Å². The van der Waals surface area contributed by atoms with Crippen molar-refractivity contribution in [2.45, 2.75) is 91.1 Å². The Balaban J connectivity index is 0.000000147. The minimum atomic E-state index is -4.41. The number of carbonyl (C=O) groups is 5. The van der Waals surface area contributed by atoms with Crippen LogP contribution in [0.15, 0.2) is 215 Å². The SMILES string of the molecule is CC(=O)c1ccc(C(=O)Cl)cc1.CC(=O)c1cccc(C(=O)Cl)c1.Cc1cc(N)cc(C(=O)O)c1.Cc1ccc(-c2ccc(N)cc2C(F)(F)F)c(C)c1.Cc1ccc(C2(c3ccc(N)cc3)c3ccccc3-c3ccccc32)cc1.O=c1n(CC2CO2)c(=O)n(CC2CO2)c(=O)n1CC1CO1. The minimum absolute atomic E-state index is 0.0245. The molecule has 102 heavy (non-hydrogen) atoms. The summed E-state index contributed by atoms with van der Waals surface area (Å²) in [5.74, 6) is -1.04. The summed E-state index contributed by atoms with van der Waals surface area (Å²) in [5.41, 5.74) is 30.1. The molecule has 3 saturated heterocycles. The molecule has 9 aromatic carbocycles. The summed E-state index contributed by atoms with van der Waals surface area (Å²) in [6, 6.07) is 61.5. The van der Waals surface area contributed by atoms with Crippen LogP contribution in [0.5, 0.6) is 0 Å². The topological polar surface area (TPSA) is 287 Å². The summed E-state index contributed by atoms with van der Waals surface area (Å²) in [6.45, 7) is 12.7. The predicted octanol–water partition coefficient (Wildman–Crippen LogP) is 13.7. The van der Waals surface area contributed by atoms with E-state index in [-0.39, 0.29) is 71.7 Å². The lowest BCUT2D eigenvalue weighted by Gasteiger charge is -2.34. The average Bonchev–Trinajstić information content (AvgIpc) is 1.56. The number of hydrogen-bond acceptors (Lipinski definition) is 14. The fourth-order valence-electron chi connectivity index (χ4n) is 11.6. The number of epoxide rings is 3. The smallest absolute Gasteiger partial charge is 0.417 e. The number of aromatic carboxylic acids is 1. The Morgan fingerprint density at radius 2 is 0.882 bits per heavy atom. The van der Waals surface area contributed by atoms with Crippen LogP contribution in [-0.2, 0) is 45.4 Å². The van der Waals surface area contributed by atoms with E-state index in [0.29, 0.717) is 53.3 Å². The molecule has 0 amide bonds. The van der Waals surface area contributed by atoms with Crippen LogP contribution in [0.2, 0.25) is 0 Å². The number of carboxylic acid groups (broad SMARTS) is 1. The lowest BCUT2D eigenvalue weighted by Crippen LogP contribution is -2.55. The molecule has 0 saturated carbocycles. The first kappa shape index (κ1) is 75.4. The molecule has 3 fully saturated rings. The number of ketones is 2. The van der Waals surface area contributed by atoms with Crippen molar-refractivity contribution < 1.29 is 56.5 Å². The highest BCUT2D eigenvalue weighted by Crippen LogP contribution is 2.56. The number of alkyl halides is 3. The number of aryl methyl sites for hydroxylation is 4. The zero-order chi connectivity index (χ0) is 73.9. The van der Waals surface area contributed by atoms with Gasteiger partial charge in [-0.15, -0.1) is 0 Å². The summed E-state index contributed by atoms with van der Waals surface area (Å²) in [5, 5.41) is 7.53. The number of ether oxygens (including phenoxy) is 3. The molecule has 0 bridgehead atoms. The van der Waals surface area contributed by atoms with Crippen LogP contribution in [0, 0.1) is 27.7 Å². The molecule has 10 aromatic rings. The number of aromatic nitrogens is 3. The van der Waals surface area contributed by atoms with E-state index in [2.05, 4.69) is 91.9 Å². The van der Waals surface area contributed by atoms with Crippen LogP contribution in [0.4, 0.5) is 30.2 Å². The number of carbonyl (C=O) groups excluding carboxylic acids is 4. The Kier molecular flexibility index (Phi) is 24.1. The van der Waals surface area contributed by atoms with Crippen molar-refractivity contribution in [3.63, 3.8) is 0 Å². The fraction of sp³-hybridized carbons (Fsp3) is 0.215. The van der Waals surface area contributed by atoms with Gasteiger partial charge in [-0.05, 0) is 181 Å². The molecule has 3 aliphatic heterocycles. The molecule has 1 aliphatic carbocycles. The number of nitrogen functional groups attached to an aromatic ring is 3. The number of anilines is 3. The van der Waals surface area contributed by atoms with E-state index in [1.54, 1.807) is 61.5 Å². The van der Waals surface area contributed by atoms with Gasteiger partial charge in [-0.3, -0.25) is 19.2 Å². The first-order valence-electron chi connectivity index (χ1n) is 32.1. The molecule has 14 rings (SSSR count). The van der Waals surface area contributed by atoms with Gasteiger partial charge in [0.25, 0.3) is 10.5 Å². The highest BCUT2D eigenvalue weighted by molar-refractivity contribution is 6.68. The molecule has 18 nitrogen and oxygen atoms in total. The normalized spacial score (nSPS) is 15.1. The third kappa shape index (κ3) is 18.8. The Morgan fingerprint density at radius 1 is 0.451 bits per heavy atom. The summed E-state index contributed by atoms with van der Waals surface area (Å²) >= 11 is 10.4. The van der Waals surface area contributed by atoms with Gasteiger partial charge in [0.05, 0.1) is 74.3 Å². The number of carboxylic acids is 1. The van der Waals surface area contributed by atoms with Crippen LogP contribution < -0.4 is 34.3 Å². The van der Waals surface area contributed by atoms with Gasteiger partial charge in [0.2, 0.25) is 0 Å². The van der Waals surface area contributed by atoms with Crippen LogP contribution in [0.1, 0.15) is 116 Å². The van der Waals surface area contributed by atoms with Gasteiger partial charge in [0.15, 0.2) is 11.6 Å². The number of Topliss-reactive ketones (excluding diaryl/α,β-unsaturated/α-hetero) is 2. The van der Waals surface area contributed by atoms with Crippen molar-refractivity contribution in [1.82, 2.24) is 13.7 Å². The molecule has 4 aliphatic rings. The summed E-state index contributed by atoms with van der Waals surface area (Å²) in [6.07, 6.45) is -4.78. The van der Waals surface area contributed by atoms with Crippen molar-refractivity contribution in [3.05, 3.63) is 310 Å². The molecule has 1 aromatic heterocycles. The quantitative estimate of drug-likeness (QED) is 0.0341. The second kappa shape index (κ2) is 32.7. The standard InChI is InChI=1S/C26H21N.C15H14F3N.C12H15N3O6.2C9H7ClO2.C8H9NO2/c1-18-10-12-19(13-11-18)26(20-14-16-21(27)17-15-20)24-8-4-2-6-22(24)23-7-3-5-9-25(23)26;1-9-3-5-12(10(2)7-9)13-6-4-11(19)8-14(13)15(16,17)18;16-10-13(1-7-4-19-7)11(17)15(3-9-6-21-9)12(18)14(10)2-8-5-20-8;1-6(11)7-2-4-8(5-3-7)9(10)12;1-6(11)7-3-2-4-8(5-7)9(10)12;1-5-2-6(8(10)11)4-7(9)3-5/h2-17H,27H2,1H3;3-8H,19H2,1-2H3;7-9H,1-6H2;2*2-5H,1H3;2-4H,9H2,1H3,(H,10,11). The van der Waals surface area contributed by atoms with Gasteiger partial charge in [-0.25, -0.2) is 32.9 Å². The predicted molar refractivity (Wildman–Crippen MR) is 388 cm³/mol. The van der Waals surface area contributed by atoms with Crippen molar-refractivity contribution in [1.29, 1.82) is 0 Å². The van der Waals surface area contributed by atoms with E-state index in [1.165, 1.54) is 89.2 Å². The Labute approximate surface area is 595 Å². The molecule has 3 atom stereocenters. The molecule has 0 spiro atoms. The maximum atomic E-state index is 13.1. The van der Waals surface area contributed by atoms with Gasteiger partial charge in [-0.1, -0.05) is 151 Å². The van der Waals surface area contributed by atoms with Gasteiger partial charge in [0.1, 0.15) is 0 Å². The Bertz CT molecular complexity index is 4660. The van der Waals surface area contributed by atoms with E-state index in [1.807, 2.05) is 32.0 Å². The van der Waals surface area contributed by atoms with Crippen molar-refractivity contribution in [2.24, 2.45) is 0 Å². The largest absolute Gasteiger partial charge is 0.478 e. The highest BCUT2D eigenvalue weighted by atomic mass is 35.5. The maximum Gasteiger partial charge on any atom is 0.417 e. The molecular formula is C79H73Cl2F3N6O12. The van der Waals surface area contributed by atoms with E-state index in [4.69, 9.17) is 59.7 Å². The van der Waals surface area contributed by atoms with Gasteiger partial charge in [-0.2, -0.15) is 13.2 Å². The average molecular weight is 1430 g/mol. The van der Waals surface area contributed by atoms with Crippen LogP contribution >= 0.6 is 23.2 Å². The van der Waals surface area contributed by atoms with E-state index < -0.39 is 45.3 Å². The Hall–Kier alpha value is -10.8. The summed E-state index contributed by atoms with van der Waals surface area (Å²) in [7, 11) is 0. The lowest BCUT2D eigenvalue weighted by atomic mass is 9.67. The number of hydrogen-bond donors (Lipinski definition) is 4. The number of nitrogens with two attached hydrogens (primary N) is 3. The fourth-order valence-corrected chi connectivity index (χ4v) is 11.9. The number of nitrogens with zero attached hydrogens (tertiary/aromatic N) is 3. The summed E-state index contributed by atoms with van der Waals surface area (Å²) in [4.78, 5) is 90.5. The zero-order valence-corrected chi connectivity index (χ0v) is 57.9. The number of halogens is 5. The number of rotatable bonds is 14. The van der Waals surface area contributed by atoms with Crippen LogP contribution in [-0.4, -0.2) is 85.0 Å². The molecule has 0 radical (unpaired) electrons. The zero-order valence-electron chi connectivity index (χ0n) is 56.4. The molecular weight excluding hydrogens is 1350 g/mol. The molecule has 4 heterocycles. The Morgan fingerprint density at radius 3 is 1.31 bits per heavy atom. The number of benzene rings is 9. The van der Waals surface area contributed by atoms with Crippen molar-refractivity contribution >= 4 is 68.3 Å². The lowest BCUT2D eigenvalue weighted by molar-refractivity contribution is -0.137. The second-order valence-electron chi connectivity index (χ2n) is 24.8. The minimum Gasteiger partial charge on any atom is -0.478 e. The maximum absolute atomic E-state index is 13.1. The molecule has 526 valence electrons. The third-order valence-electron chi connectivity index (χ3n) is 16.9. The number of fused-ring (bicyclic) bond motifs is 3. The van der Waals surface area contributed by atoms with Crippen LogP contribution in [0.3, 0.4) is 0 Å².